The minimum absolute atomic E-state index is 0.116. The van der Waals surface area contributed by atoms with Crippen molar-refractivity contribution in [3.05, 3.63) is 23.1 Å². The number of halogens is 1. The largest absolute Gasteiger partial charge is 0.452 e. The lowest BCUT2D eigenvalue weighted by molar-refractivity contribution is 0.0955. The van der Waals surface area contributed by atoms with Gasteiger partial charge in [0, 0.05) is 18.9 Å². The molecule has 6 heteroatoms. The number of hydrogen-bond donors (Lipinski definition) is 2. The van der Waals surface area contributed by atoms with Crippen molar-refractivity contribution in [3.8, 4) is 0 Å². The van der Waals surface area contributed by atoms with E-state index in [9.17, 15) is 4.79 Å². The number of thioether (sulfide) groups is 1. The number of nitrogens with one attached hydrogen (secondary N) is 1. The van der Waals surface area contributed by atoms with E-state index in [4.69, 9.17) is 21.1 Å². The van der Waals surface area contributed by atoms with Crippen molar-refractivity contribution in [1.82, 2.24) is 5.32 Å². The Kier molecular flexibility index (Phi) is 6.37. The first-order valence-electron chi connectivity index (χ1n) is 4.95. The molecule has 1 amide bonds. The van der Waals surface area contributed by atoms with Gasteiger partial charge in [-0.2, -0.15) is 11.8 Å². The SMILES string of the molecule is O=C(NCCSCCCO)c1ccoc1Cl. The van der Waals surface area contributed by atoms with Gasteiger partial charge in [-0.1, -0.05) is 0 Å². The fourth-order valence-corrected chi connectivity index (χ4v) is 2.04. The zero-order valence-corrected chi connectivity index (χ0v) is 10.3. The molecular formula is C10H14ClNO3S. The highest BCUT2D eigenvalue weighted by molar-refractivity contribution is 7.99. The Hall–Kier alpha value is -0.650. The summed E-state index contributed by atoms with van der Waals surface area (Å²) in [6.07, 6.45) is 2.17. The summed E-state index contributed by atoms with van der Waals surface area (Å²) in [6, 6.07) is 1.54. The number of aliphatic hydroxyl groups excluding tert-OH is 1. The summed E-state index contributed by atoms with van der Waals surface area (Å²) in [7, 11) is 0. The van der Waals surface area contributed by atoms with Gasteiger partial charge in [0.1, 0.15) is 0 Å². The van der Waals surface area contributed by atoms with Gasteiger partial charge in [-0.15, -0.1) is 0 Å². The van der Waals surface area contributed by atoms with Crippen LogP contribution in [0, 0.1) is 0 Å². The number of amides is 1. The molecule has 16 heavy (non-hydrogen) atoms. The van der Waals surface area contributed by atoms with Gasteiger partial charge in [-0.3, -0.25) is 4.79 Å². The van der Waals surface area contributed by atoms with Crippen molar-refractivity contribution in [2.24, 2.45) is 0 Å². The van der Waals surface area contributed by atoms with Crippen molar-refractivity contribution in [2.75, 3.05) is 24.7 Å². The molecule has 0 atom stereocenters. The quantitative estimate of drug-likeness (QED) is 0.736. The molecule has 0 aliphatic heterocycles. The second-order valence-corrected chi connectivity index (χ2v) is 4.62. The molecule has 0 bridgehead atoms. The standard InChI is InChI=1S/C10H14ClNO3S/c11-9-8(2-5-15-9)10(14)12-3-7-16-6-1-4-13/h2,5,13H,1,3-4,6-7H2,(H,12,14). The Bertz CT molecular complexity index is 330. The van der Waals surface area contributed by atoms with E-state index in [0.29, 0.717) is 12.1 Å². The zero-order chi connectivity index (χ0) is 11.8. The van der Waals surface area contributed by atoms with E-state index in [1.165, 1.54) is 12.3 Å². The number of aliphatic hydroxyl groups is 1. The molecule has 0 saturated carbocycles. The molecule has 0 aromatic carbocycles. The first-order chi connectivity index (χ1) is 7.75. The summed E-state index contributed by atoms with van der Waals surface area (Å²) < 4.78 is 4.82. The van der Waals surface area contributed by atoms with Crippen LogP contribution in [0.4, 0.5) is 0 Å². The molecule has 1 aromatic rings. The van der Waals surface area contributed by atoms with E-state index >= 15 is 0 Å². The summed E-state index contributed by atoms with van der Waals surface area (Å²) >= 11 is 7.35. The summed E-state index contributed by atoms with van der Waals surface area (Å²) in [5.41, 5.74) is 0.363. The fourth-order valence-electron chi connectivity index (χ4n) is 1.06. The minimum atomic E-state index is -0.221. The molecule has 0 saturated heterocycles. The van der Waals surface area contributed by atoms with Crippen LogP contribution in [0.1, 0.15) is 16.8 Å². The maximum absolute atomic E-state index is 11.5. The maximum atomic E-state index is 11.5. The monoisotopic (exact) mass is 263 g/mol. The molecule has 0 fully saturated rings. The van der Waals surface area contributed by atoms with E-state index in [0.717, 1.165) is 17.9 Å². The van der Waals surface area contributed by atoms with E-state index in [1.807, 2.05) is 0 Å². The normalized spacial score (nSPS) is 10.4. The predicted molar refractivity (Wildman–Crippen MR) is 65.1 cm³/mol. The van der Waals surface area contributed by atoms with Crippen LogP contribution >= 0.6 is 23.4 Å². The van der Waals surface area contributed by atoms with Gasteiger partial charge in [0.25, 0.3) is 5.91 Å². The summed E-state index contributed by atoms with van der Waals surface area (Å²) in [5, 5.41) is 11.4. The van der Waals surface area contributed by atoms with Gasteiger partial charge in [0.2, 0.25) is 5.22 Å². The van der Waals surface area contributed by atoms with Gasteiger partial charge in [0.15, 0.2) is 0 Å². The van der Waals surface area contributed by atoms with Gasteiger partial charge in [-0.25, -0.2) is 0 Å². The molecule has 0 aliphatic carbocycles. The number of hydrogen-bond acceptors (Lipinski definition) is 4. The molecule has 2 N–H and O–H groups in total. The van der Waals surface area contributed by atoms with Crippen LogP contribution in [0.3, 0.4) is 0 Å². The van der Waals surface area contributed by atoms with Gasteiger partial charge in [-0.05, 0) is 29.8 Å². The van der Waals surface area contributed by atoms with Gasteiger partial charge in [0.05, 0.1) is 11.8 Å². The van der Waals surface area contributed by atoms with Crippen LogP contribution in [0.5, 0.6) is 0 Å². The van der Waals surface area contributed by atoms with Crippen LogP contribution in [-0.2, 0) is 0 Å². The molecule has 1 heterocycles. The van der Waals surface area contributed by atoms with Gasteiger partial charge < -0.3 is 14.8 Å². The smallest absolute Gasteiger partial charge is 0.256 e. The Morgan fingerprint density at radius 3 is 3.00 bits per heavy atom. The first kappa shape index (κ1) is 13.4. The average molecular weight is 264 g/mol. The van der Waals surface area contributed by atoms with Crippen molar-refractivity contribution >= 4 is 29.3 Å². The highest BCUT2D eigenvalue weighted by Gasteiger charge is 2.11. The Balaban J connectivity index is 2.14. The second-order valence-electron chi connectivity index (χ2n) is 3.05. The highest BCUT2D eigenvalue weighted by atomic mass is 35.5. The third-order valence-corrected chi connectivity index (χ3v) is 3.20. The summed E-state index contributed by atoms with van der Waals surface area (Å²) in [4.78, 5) is 11.5. The lowest BCUT2D eigenvalue weighted by Crippen LogP contribution is -2.25. The molecule has 0 unspecified atom stereocenters. The van der Waals surface area contributed by atoms with Crippen molar-refractivity contribution in [1.29, 1.82) is 0 Å². The van der Waals surface area contributed by atoms with Crippen molar-refractivity contribution in [2.45, 2.75) is 6.42 Å². The Morgan fingerprint density at radius 1 is 1.56 bits per heavy atom. The lowest BCUT2D eigenvalue weighted by atomic mass is 10.3. The summed E-state index contributed by atoms with van der Waals surface area (Å²) in [5.74, 6) is 1.50. The van der Waals surface area contributed by atoms with E-state index in [1.54, 1.807) is 11.8 Å². The molecule has 90 valence electrons. The Morgan fingerprint density at radius 2 is 2.38 bits per heavy atom. The molecular weight excluding hydrogens is 250 g/mol. The van der Waals surface area contributed by atoms with E-state index in [-0.39, 0.29) is 17.7 Å². The maximum Gasteiger partial charge on any atom is 0.256 e. The predicted octanol–water partition coefficient (Wildman–Crippen LogP) is 1.78. The third-order valence-electron chi connectivity index (χ3n) is 1.84. The second kappa shape index (κ2) is 7.60. The lowest BCUT2D eigenvalue weighted by Gasteiger charge is -2.03. The third kappa shape index (κ3) is 4.47. The minimum Gasteiger partial charge on any atom is -0.452 e. The summed E-state index contributed by atoms with van der Waals surface area (Å²) in [6.45, 7) is 0.792. The van der Waals surface area contributed by atoms with Crippen molar-refractivity contribution < 1.29 is 14.3 Å². The Labute approximate surface area is 103 Å². The van der Waals surface area contributed by atoms with Crippen LogP contribution < -0.4 is 5.32 Å². The fraction of sp³-hybridized carbons (Fsp3) is 0.500. The van der Waals surface area contributed by atoms with Crippen molar-refractivity contribution in [3.63, 3.8) is 0 Å². The zero-order valence-electron chi connectivity index (χ0n) is 8.74. The van der Waals surface area contributed by atoms with Crippen LogP contribution in [0.2, 0.25) is 5.22 Å². The van der Waals surface area contributed by atoms with Crippen LogP contribution in [0.15, 0.2) is 16.7 Å². The van der Waals surface area contributed by atoms with E-state index in [2.05, 4.69) is 5.32 Å². The molecule has 1 aromatic heterocycles. The number of carbonyl (C=O) groups excluding carboxylic acids is 1. The molecule has 4 nitrogen and oxygen atoms in total. The van der Waals surface area contributed by atoms with Crippen LogP contribution in [-0.4, -0.2) is 35.7 Å². The molecule has 1 rings (SSSR count). The molecule has 0 spiro atoms. The van der Waals surface area contributed by atoms with Crippen LogP contribution in [0.25, 0.3) is 0 Å². The number of rotatable bonds is 7. The first-order valence-corrected chi connectivity index (χ1v) is 6.48. The van der Waals surface area contributed by atoms with Gasteiger partial charge >= 0.3 is 0 Å². The molecule has 0 aliphatic rings. The average Bonchev–Trinajstić information content (AvgIpc) is 2.69. The highest BCUT2D eigenvalue weighted by Crippen LogP contribution is 2.16. The number of carbonyl (C=O) groups is 1. The number of furan rings is 1. The van der Waals surface area contributed by atoms with E-state index < -0.39 is 0 Å². The topological polar surface area (TPSA) is 62.5 Å². The molecule has 0 radical (unpaired) electrons.